The van der Waals surface area contributed by atoms with Gasteiger partial charge in [-0.25, -0.2) is 9.59 Å². The Kier molecular flexibility index (Phi) is 6.45. The first-order valence-corrected chi connectivity index (χ1v) is 9.15. The van der Waals surface area contributed by atoms with Gasteiger partial charge in [0.15, 0.2) is 0 Å². The number of rotatable bonds is 7. The van der Waals surface area contributed by atoms with E-state index in [1.807, 2.05) is 48.6 Å². The maximum atomic E-state index is 11.5. The quantitative estimate of drug-likeness (QED) is 0.290. The van der Waals surface area contributed by atoms with Gasteiger partial charge in [-0.15, -0.1) is 0 Å². The van der Waals surface area contributed by atoms with Gasteiger partial charge in [0.2, 0.25) is 0 Å². The lowest BCUT2D eigenvalue weighted by molar-refractivity contribution is -0.130. The number of hydrogen-bond acceptors (Lipinski definition) is 5. The van der Waals surface area contributed by atoms with Gasteiger partial charge in [0.25, 0.3) is 0 Å². The van der Waals surface area contributed by atoms with Gasteiger partial charge in [-0.1, -0.05) is 31.4 Å². The molecule has 0 saturated carbocycles. The molecule has 0 aliphatic carbocycles. The maximum absolute atomic E-state index is 11.5. The SMILES string of the molecule is C=CC(=O)Oc1ccc(-c2ccc(C=Cc3ccc(OC(=O)C(=C)C)cc3)o2)cc1. The highest BCUT2D eigenvalue weighted by atomic mass is 16.5. The minimum absolute atomic E-state index is 0.347. The standard InChI is InChI=1S/C25H20O5/c1-4-24(26)29-21-13-8-19(9-14-21)23-16-15-20(28-23)10-5-18-6-11-22(12-7-18)30-25(27)17(2)3/h4-16H,1-2H2,3H3. The summed E-state index contributed by atoms with van der Waals surface area (Å²) in [6.45, 7) is 8.52. The summed E-state index contributed by atoms with van der Waals surface area (Å²) in [5.41, 5.74) is 2.13. The molecule has 0 atom stereocenters. The number of carbonyl (C=O) groups is 2. The first-order valence-electron chi connectivity index (χ1n) is 9.15. The van der Waals surface area contributed by atoms with Gasteiger partial charge >= 0.3 is 11.9 Å². The van der Waals surface area contributed by atoms with Crippen LogP contribution in [0.2, 0.25) is 0 Å². The second-order valence-electron chi connectivity index (χ2n) is 6.42. The van der Waals surface area contributed by atoms with Crippen molar-refractivity contribution in [1.82, 2.24) is 0 Å². The average molecular weight is 400 g/mol. The Labute approximate surface area is 174 Å². The molecule has 3 aromatic rings. The highest BCUT2D eigenvalue weighted by Gasteiger charge is 2.06. The van der Waals surface area contributed by atoms with Crippen LogP contribution in [0.15, 0.2) is 89.9 Å². The zero-order valence-corrected chi connectivity index (χ0v) is 16.5. The molecule has 1 heterocycles. The van der Waals surface area contributed by atoms with Crippen molar-refractivity contribution >= 4 is 24.1 Å². The lowest BCUT2D eigenvalue weighted by Crippen LogP contribution is -2.07. The van der Waals surface area contributed by atoms with Crippen molar-refractivity contribution in [3.8, 4) is 22.8 Å². The van der Waals surface area contributed by atoms with Gasteiger partial charge in [-0.05, 0) is 67.1 Å². The summed E-state index contributed by atoms with van der Waals surface area (Å²) in [6.07, 6.45) is 4.85. The van der Waals surface area contributed by atoms with Crippen LogP contribution >= 0.6 is 0 Å². The summed E-state index contributed by atoms with van der Waals surface area (Å²) in [5.74, 6) is 1.32. The van der Waals surface area contributed by atoms with Crippen LogP contribution in [-0.2, 0) is 9.59 Å². The van der Waals surface area contributed by atoms with E-state index >= 15 is 0 Å². The Morgan fingerprint density at radius 2 is 1.50 bits per heavy atom. The van der Waals surface area contributed by atoms with Crippen molar-refractivity contribution in [3.05, 3.63) is 96.8 Å². The van der Waals surface area contributed by atoms with E-state index in [0.717, 1.165) is 17.2 Å². The van der Waals surface area contributed by atoms with Crippen LogP contribution in [0.25, 0.3) is 23.5 Å². The molecule has 150 valence electrons. The topological polar surface area (TPSA) is 65.7 Å². The van der Waals surface area contributed by atoms with E-state index in [1.54, 1.807) is 31.2 Å². The highest BCUT2D eigenvalue weighted by Crippen LogP contribution is 2.25. The van der Waals surface area contributed by atoms with Gasteiger partial charge < -0.3 is 13.9 Å². The monoisotopic (exact) mass is 400 g/mol. The number of carbonyl (C=O) groups excluding carboxylic acids is 2. The van der Waals surface area contributed by atoms with Crippen LogP contribution in [0.3, 0.4) is 0 Å². The second kappa shape index (κ2) is 9.39. The van der Waals surface area contributed by atoms with Crippen LogP contribution in [0.1, 0.15) is 18.2 Å². The van der Waals surface area contributed by atoms with Crippen molar-refractivity contribution < 1.29 is 23.5 Å². The smallest absolute Gasteiger partial charge is 0.338 e. The second-order valence-corrected chi connectivity index (χ2v) is 6.42. The van der Waals surface area contributed by atoms with Gasteiger partial charge in [-0.2, -0.15) is 0 Å². The summed E-state index contributed by atoms with van der Waals surface area (Å²) in [6, 6.07) is 17.8. The third-order valence-electron chi connectivity index (χ3n) is 4.03. The van der Waals surface area contributed by atoms with Crippen molar-refractivity contribution in [2.45, 2.75) is 6.92 Å². The Bertz CT molecular complexity index is 1100. The average Bonchev–Trinajstić information content (AvgIpc) is 3.22. The fourth-order valence-corrected chi connectivity index (χ4v) is 2.46. The molecule has 0 bridgehead atoms. The summed E-state index contributed by atoms with van der Waals surface area (Å²) in [4.78, 5) is 22.8. The van der Waals surface area contributed by atoms with E-state index in [4.69, 9.17) is 13.9 Å². The molecule has 0 fully saturated rings. The Morgan fingerprint density at radius 1 is 0.867 bits per heavy atom. The van der Waals surface area contributed by atoms with E-state index in [-0.39, 0.29) is 0 Å². The molecule has 0 amide bonds. The highest BCUT2D eigenvalue weighted by molar-refractivity contribution is 5.88. The molecule has 5 nitrogen and oxygen atoms in total. The molecule has 0 aliphatic heterocycles. The lowest BCUT2D eigenvalue weighted by Gasteiger charge is -2.03. The van der Waals surface area contributed by atoms with Gasteiger partial charge in [0, 0.05) is 17.2 Å². The number of hydrogen-bond donors (Lipinski definition) is 0. The Morgan fingerprint density at radius 3 is 2.13 bits per heavy atom. The maximum Gasteiger partial charge on any atom is 0.338 e. The molecule has 0 saturated heterocycles. The summed E-state index contributed by atoms with van der Waals surface area (Å²) in [5, 5.41) is 0. The molecule has 0 spiro atoms. The molecule has 30 heavy (non-hydrogen) atoms. The third-order valence-corrected chi connectivity index (χ3v) is 4.03. The first kappa shape index (κ1) is 20.6. The predicted molar refractivity (Wildman–Crippen MR) is 116 cm³/mol. The van der Waals surface area contributed by atoms with E-state index in [1.165, 1.54) is 0 Å². The zero-order valence-electron chi connectivity index (χ0n) is 16.5. The predicted octanol–water partition coefficient (Wildman–Crippen LogP) is 5.69. The van der Waals surface area contributed by atoms with Gasteiger partial charge in [-0.3, -0.25) is 0 Å². The largest absolute Gasteiger partial charge is 0.457 e. The van der Waals surface area contributed by atoms with Crippen LogP contribution in [0, 0.1) is 0 Å². The number of benzene rings is 2. The van der Waals surface area contributed by atoms with E-state index < -0.39 is 11.9 Å². The molecule has 2 aromatic carbocycles. The summed E-state index contributed by atoms with van der Waals surface area (Å²) < 4.78 is 16.1. The summed E-state index contributed by atoms with van der Waals surface area (Å²) >= 11 is 0. The van der Waals surface area contributed by atoms with E-state index in [2.05, 4.69) is 13.2 Å². The van der Waals surface area contributed by atoms with E-state index in [9.17, 15) is 9.59 Å². The van der Waals surface area contributed by atoms with Crippen LogP contribution in [0.4, 0.5) is 0 Å². The van der Waals surface area contributed by atoms with Gasteiger partial charge in [0.1, 0.15) is 23.0 Å². The molecule has 0 unspecified atom stereocenters. The molecule has 5 heteroatoms. The third kappa shape index (κ3) is 5.45. The normalized spacial score (nSPS) is 10.6. The molecule has 0 radical (unpaired) electrons. The van der Waals surface area contributed by atoms with E-state index in [0.29, 0.717) is 28.6 Å². The van der Waals surface area contributed by atoms with Crippen molar-refractivity contribution in [2.24, 2.45) is 0 Å². The molecular formula is C25H20O5. The molecular weight excluding hydrogens is 380 g/mol. The molecule has 0 aliphatic rings. The Hall–Kier alpha value is -4.12. The van der Waals surface area contributed by atoms with Crippen molar-refractivity contribution in [2.75, 3.05) is 0 Å². The van der Waals surface area contributed by atoms with Crippen molar-refractivity contribution in [1.29, 1.82) is 0 Å². The molecule has 1 aromatic heterocycles. The number of esters is 2. The molecule has 3 rings (SSSR count). The summed E-state index contributed by atoms with van der Waals surface area (Å²) in [7, 11) is 0. The fourth-order valence-electron chi connectivity index (χ4n) is 2.46. The minimum atomic E-state index is -0.504. The van der Waals surface area contributed by atoms with Gasteiger partial charge in [0.05, 0.1) is 0 Å². The number of ether oxygens (including phenoxy) is 2. The minimum Gasteiger partial charge on any atom is -0.457 e. The van der Waals surface area contributed by atoms with Crippen LogP contribution < -0.4 is 9.47 Å². The fraction of sp³-hybridized carbons (Fsp3) is 0.0400. The van der Waals surface area contributed by atoms with Crippen LogP contribution in [0.5, 0.6) is 11.5 Å². The molecule has 0 N–H and O–H groups in total. The number of furan rings is 1. The lowest BCUT2D eigenvalue weighted by atomic mass is 10.2. The van der Waals surface area contributed by atoms with Crippen molar-refractivity contribution in [3.63, 3.8) is 0 Å². The first-order chi connectivity index (χ1) is 14.4. The Balaban J connectivity index is 1.64. The van der Waals surface area contributed by atoms with Crippen LogP contribution in [-0.4, -0.2) is 11.9 Å². The zero-order chi connectivity index (χ0) is 21.5.